The van der Waals surface area contributed by atoms with Gasteiger partial charge in [-0.3, -0.25) is 9.20 Å². The van der Waals surface area contributed by atoms with Gasteiger partial charge in [0.05, 0.1) is 22.3 Å². The normalized spacial score (nSPS) is 11.5. The Morgan fingerprint density at radius 1 is 1.18 bits per heavy atom. The van der Waals surface area contributed by atoms with Crippen molar-refractivity contribution >= 4 is 54.8 Å². The zero-order valence-corrected chi connectivity index (χ0v) is 17.7. The molecule has 0 N–H and O–H groups in total. The molecular formula is C21H12BrClN2O2S. The number of hydrogen-bond acceptors (Lipinski definition) is 4. The van der Waals surface area contributed by atoms with Crippen LogP contribution < -0.4 is 5.43 Å². The van der Waals surface area contributed by atoms with Gasteiger partial charge in [0.1, 0.15) is 11.3 Å². The van der Waals surface area contributed by atoms with Crippen LogP contribution >= 0.6 is 38.9 Å². The van der Waals surface area contributed by atoms with Crippen LogP contribution in [0.2, 0.25) is 5.02 Å². The van der Waals surface area contributed by atoms with Crippen LogP contribution in [0.25, 0.3) is 38.4 Å². The smallest absolute Gasteiger partial charge is 0.202 e. The van der Waals surface area contributed by atoms with Crippen molar-refractivity contribution in [2.24, 2.45) is 0 Å². The second kappa shape index (κ2) is 6.58. The second-order valence-electron chi connectivity index (χ2n) is 6.41. The summed E-state index contributed by atoms with van der Waals surface area (Å²) < 4.78 is 8.87. The third kappa shape index (κ3) is 2.80. The standard InChI is InChI=1S/C21H12BrClN2O2S/c1-11-19(20(26)15-8-14(23)6-7-18(15)27-11)17-10-28-21-24-16(9-25(17)21)12-2-4-13(22)5-3-12/h2-10H,1H3. The molecular weight excluding hydrogens is 460 g/mol. The Kier molecular flexibility index (Phi) is 4.16. The largest absolute Gasteiger partial charge is 0.460 e. The van der Waals surface area contributed by atoms with Gasteiger partial charge in [0.15, 0.2) is 4.96 Å². The van der Waals surface area contributed by atoms with Gasteiger partial charge >= 0.3 is 0 Å². The number of hydrogen-bond donors (Lipinski definition) is 0. The van der Waals surface area contributed by atoms with Crippen molar-refractivity contribution < 1.29 is 4.42 Å². The molecule has 0 saturated heterocycles. The molecule has 2 aromatic carbocycles. The van der Waals surface area contributed by atoms with Gasteiger partial charge in [-0.15, -0.1) is 11.3 Å². The predicted molar refractivity (Wildman–Crippen MR) is 117 cm³/mol. The molecule has 0 aliphatic carbocycles. The van der Waals surface area contributed by atoms with Gasteiger partial charge in [-0.1, -0.05) is 39.7 Å². The fraction of sp³-hybridized carbons (Fsp3) is 0.0476. The molecule has 0 atom stereocenters. The van der Waals surface area contributed by atoms with Crippen molar-refractivity contribution in [1.29, 1.82) is 0 Å². The van der Waals surface area contributed by atoms with Crippen LogP contribution in [0, 0.1) is 6.92 Å². The lowest BCUT2D eigenvalue weighted by atomic mass is 10.1. The Morgan fingerprint density at radius 3 is 2.75 bits per heavy atom. The maximum absolute atomic E-state index is 13.2. The van der Waals surface area contributed by atoms with E-state index in [4.69, 9.17) is 21.0 Å². The number of halogens is 2. The molecule has 138 valence electrons. The molecule has 0 aliphatic heterocycles. The van der Waals surface area contributed by atoms with Gasteiger partial charge in [0.25, 0.3) is 0 Å². The molecule has 0 spiro atoms. The zero-order chi connectivity index (χ0) is 19.4. The van der Waals surface area contributed by atoms with Gasteiger partial charge in [0, 0.05) is 26.6 Å². The minimum atomic E-state index is -0.0974. The first kappa shape index (κ1) is 17.7. The van der Waals surface area contributed by atoms with Gasteiger partial charge in [-0.05, 0) is 37.3 Å². The van der Waals surface area contributed by atoms with Crippen LogP contribution in [0.4, 0.5) is 0 Å². The molecule has 4 nitrogen and oxygen atoms in total. The Hall–Kier alpha value is -2.41. The number of rotatable bonds is 2. The summed E-state index contributed by atoms with van der Waals surface area (Å²) in [5.41, 5.74) is 3.60. The summed E-state index contributed by atoms with van der Waals surface area (Å²) in [7, 11) is 0. The topological polar surface area (TPSA) is 47.5 Å². The highest BCUT2D eigenvalue weighted by molar-refractivity contribution is 9.10. The van der Waals surface area contributed by atoms with E-state index in [9.17, 15) is 4.79 Å². The van der Waals surface area contributed by atoms with Crippen LogP contribution in [0.5, 0.6) is 0 Å². The minimum Gasteiger partial charge on any atom is -0.460 e. The fourth-order valence-corrected chi connectivity index (χ4v) is 4.60. The molecule has 0 amide bonds. The lowest BCUT2D eigenvalue weighted by molar-refractivity contribution is 0.567. The number of fused-ring (bicyclic) bond motifs is 2. The molecule has 0 fully saturated rings. The highest BCUT2D eigenvalue weighted by Gasteiger charge is 2.19. The Bertz CT molecular complexity index is 1420. The quantitative estimate of drug-likeness (QED) is 0.293. The predicted octanol–water partition coefficient (Wildman–Crippen LogP) is 6.56. The van der Waals surface area contributed by atoms with Crippen molar-refractivity contribution in [3.8, 4) is 22.5 Å². The highest BCUT2D eigenvalue weighted by Crippen LogP contribution is 2.31. The molecule has 3 heterocycles. The third-order valence-corrected chi connectivity index (χ3v) is 6.24. The summed E-state index contributed by atoms with van der Waals surface area (Å²) >= 11 is 11.0. The van der Waals surface area contributed by atoms with Crippen molar-refractivity contribution in [3.63, 3.8) is 0 Å². The Labute approximate surface area is 177 Å². The zero-order valence-electron chi connectivity index (χ0n) is 14.6. The average Bonchev–Trinajstić information content (AvgIpc) is 3.25. The molecule has 0 unspecified atom stereocenters. The van der Waals surface area contributed by atoms with E-state index in [0.29, 0.717) is 27.3 Å². The van der Waals surface area contributed by atoms with Gasteiger partial charge < -0.3 is 4.42 Å². The van der Waals surface area contributed by atoms with E-state index in [-0.39, 0.29) is 5.43 Å². The molecule has 0 radical (unpaired) electrons. The van der Waals surface area contributed by atoms with Crippen LogP contribution in [-0.4, -0.2) is 9.38 Å². The average molecular weight is 472 g/mol. The highest BCUT2D eigenvalue weighted by atomic mass is 79.9. The van der Waals surface area contributed by atoms with Gasteiger partial charge in [0.2, 0.25) is 5.43 Å². The first-order valence-corrected chi connectivity index (χ1v) is 10.5. The maximum atomic E-state index is 13.2. The Morgan fingerprint density at radius 2 is 1.96 bits per heavy atom. The van der Waals surface area contributed by atoms with E-state index in [1.54, 1.807) is 25.1 Å². The first-order valence-electron chi connectivity index (χ1n) is 8.47. The first-order chi connectivity index (χ1) is 13.5. The van der Waals surface area contributed by atoms with Crippen LogP contribution in [0.15, 0.2) is 67.7 Å². The lowest BCUT2D eigenvalue weighted by Gasteiger charge is -2.06. The monoisotopic (exact) mass is 470 g/mol. The van der Waals surface area contributed by atoms with E-state index in [0.717, 1.165) is 26.4 Å². The summed E-state index contributed by atoms with van der Waals surface area (Å²) in [6.07, 6.45) is 1.95. The number of benzene rings is 2. The molecule has 3 aromatic heterocycles. The van der Waals surface area contributed by atoms with Gasteiger partial charge in [-0.2, -0.15) is 0 Å². The molecule has 28 heavy (non-hydrogen) atoms. The molecule has 5 rings (SSSR count). The summed E-state index contributed by atoms with van der Waals surface area (Å²) in [6, 6.07) is 13.1. The summed E-state index contributed by atoms with van der Waals surface area (Å²) in [6.45, 7) is 1.81. The molecule has 5 aromatic rings. The third-order valence-electron chi connectivity index (χ3n) is 4.63. The van der Waals surface area contributed by atoms with Crippen molar-refractivity contribution in [3.05, 3.63) is 79.5 Å². The number of thiazole rings is 1. The van der Waals surface area contributed by atoms with E-state index in [1.807, 2.05) is 40.2 Å². The molecule has 0 bridgehead atoms. The van der Waals surface area contributed by atoms with E-state index >= 15 is 0 Å². The summed E-state index contributed by atoms with van der Waals surface area (Å²) in [5.74, 6) is 0.568. The number of imidazole rings is 1. The Balaban J connectivity index is 1.73. The SMILES string of the molecule is Cc1oc2ccc(Cl)cc2c(=O)c1-c1csc2nc(-c3ccc(Br)cc3)cn12. The number of nitrogens with zero attached hydrogens (tertiary/aromatic N) is 2. The number of aryl methyl sites for hydroxylation is 1. The molecule has 0 aliphatic rings. The maximum Gasteiger partial charge on any atom is 0.202 e. The second-order valence-corrected chi connectivity index (χ2v) is 8.60. The van der Waals surface area contributed by atoms with Crippen LogP contribution in [-0.2, 0) is 0 Å². The van der Waals surface area contributed by atoms with E-state index in [1.165, 1.54) is 11.3 Å². The fourth-order valence-electron chi connectivity index (χ4n) is 3.30. The summed E-state index contributed by atoms with van der Waals surface area (Å²) in [4.78, 5) is 18.7. The summed E-state index contributed by atoms with van der Waals surface area (Å²) in [5, 5.41) is 2.91. The van der Waals surface area contributed by atoms with Crippen LogP contribution in [0.1, 0.15) is 5.76 Å². The minimum absolute atomic E-state index is 0.0974. The van der Waals surface area contributed by atoms with Crippen LogP contribution in [0.3, 0.4) is 0 Å². The van der Waals surface area contributed by atoms with Gasteiger partial charge in [-0.25, -0.2) is 4.98 Å². The van der Waals surface area contributed by atoms with Crippen molar-refractivity contribution in [2.75, 3.05) is 0 Å². The number of aromatic nitrogens is 2. The van der Waals surface area contributed by atoms with Crippen molar-refractivity contribution in [1.82, 2.24) is 9.38 Å². The van der Waals surface area contributed by atoms with E-state index < -0.39 is 0 Å². The molecule has 0 saturated carbocycles. The lowest BCUT2D eigenvalue weighted by Crippen LogP contribution is -2.08. The van der Waals surface area contributed by atoms with Crippen molar-refractivity contribution in [2.45, 2.75) is 6.92 Å². The molecule has 7 heteroatoms. The van der Waals surface area contributed by atoms with E-state index in [2.05, 4.69) is 15.9 Å².